The van der Waals surface area contributed by atoms with E-state index in [0.717, 1.165) is 32.8 Å². The van der Waals surface area contributed by atoms with E-state index in [2.05, 4.69) is 9.46 Å². The van der Waals surface area contributed by atoms with Crippen molar-refractivity contribution in [3.05, 3.63) is 0 Å². The van der Waals surface area contributed by atoms with Crippen LogP contribution in [0.25, 0.3) is 0 Å². The summed E-state index contributed by atoms with van der Waals surface area (Å²) in [5.74, 6) is 0.410. The van der Waals surface area contributed by atoms with Crippen LogP contribution in [0.2, 0.25) is 0 Å². The van der Waals surface area contributed by atoms with Crippen LogP contribution in [0.4, 0.5) is 4.79 Å². The number of alkyl halides is 1. The molecule has 2 N–H and O–H groups in total. The Labute approximate surface area is 106 Å². The summed E-state index contributed by atoms with van der Waals surface area (Å²) in [5, 5.41) is 0. The highest BCUT2D eigenvalue weighted by molar-refractivity contribution is 7.88. The Bertz CT molecular complexity index is 365. The summed E-state index contributed by atoms with van der Waals surface area (Å²) in [6.45, 7) is 0.239. The van der Waals surface area contributed by atoms with Gasteiger partial charge in [0.15, 0.2) is 0 Å². The fraction of sp³-hybridized carbons (Fsp3) is 0.889. The third-order valence-electron chi connectivity index (χ3n) is 2.99. The Morgan fingerprint density at radius 2 is 2.00 bits per heavy atom. The molecule has 1 aliphatic rings. The number of carbonyl (C=O) groups excluding carboxylic acids is 1. The summed E-state index contributed by atoms with van der Waals surface area (Å²) in [6.07, 6.45) is 2.90. The zero-order valence-corrected chi connectivity index (χ0v) is 11.2. The van der Waals surface area contributed by atoms with Gasteiger partial charge in [-0.25, -0.2) is 9.52 Å². The number of hydrogen-bond acceptors (Lipinski definition) is 4. The Morgan fingerprint density at radius 1 is 1.41 bits per heavy atom. The van der Waals surface area contributed by atoms with E-state index in [0.29, 0.717) is 5.88 Å². The van der Waals surface area contributed by atoms with Gasteiger partial charge in [0.05, 0.1) is 7.11 Å². The molecular weight excluding hydrogens is 268 g/mol. The van der Waals surface area contributed by atoms with E-state index in [1.165, 1.54) is 0 Å². The van der Waals surface area contributed by atoms with Gasteiger partial charge in [-0.3, -0.25) is 0 Å². The number of methoxy groups -OCH3 is 1. The molecule has 0 atom stereocenters. The van der Waals surface area contributed by atoms with Crippen molar-refractivity contribution in [1.82, 2.24) is 9.44 Å². The van der Waals surface area contributed by atoms with E-state index in [-0.39, 0.29) is 12.0 Å². The van der Waals surface area contributed by atoms with Crippen molar-refractivity contribution in [1.29, 1.82) is 0 Å². The minimum Gasteiger partial charge on any atom is -0.452 e. The van der Waals surface area contributed by atoms with Gasteiger partial charge in [0.2, 0.25) is 0 Å². The second kappa shape index (κ2) is 5.88. The molecule has 1 amide bonds. The third kappa shape index (κ3) is 4.33. The van der Waals surface area contributed by atoms with Crippen molar-refractivity contribution in [3.63, 3.8) is 0 Å². The number of rotatable bonds is 5. The maximum Gasteiger partial charge on any atom is 0.421 e. The Morgan fingerprint density at radius 3 is 2.47 bits per heavy atom. The van der Waals surface area contributed by atoms with E-state index in [1.54, 1.807) is 4.72 Å². The molecule has 17 heavy (non-hydrogen) atoms. The molecule has 1 saturated carbocycles. The first-order valence-electron chi connectivity index (χ1n) is 5.34. The van der Waals surface area contributed by atoms with Gasteiger partial charge >= 0.3 is 16.3 Å². The molecule has 8 heteroatoms. The largest absolute Gasteiger partial charge is 0.452 e. The number of amides is 1. The smallest absolute Gasteiger partial charge is 0.421 e. The molecule has 0 aromatic rings. The van der Waals surface area contributed by atoms with Gasteiger partial charge in [0.1, 0.15) is 0 Å². The normalized spacial score (nSPS) is 18.9. The number of halogens is 1. The molecule has 0 bridgehead atoms. The first kappa shape index (κ1) is 14.5. The van der Waals surface area contributed by atoms with E-state index in [1.807, 2.05) is 0 Å². The second-order valence-electron chi connectivity index (χ2n) is 4.26. The molecule has 0 spiro atoms. The molecule has 0 radical (unpaired) electrons. The molecule has 1 rings (SSSR count). The van der Waals surface area contributed by atoms with Crippen molar-refractivity contribution in [2.75, 3.05) is 19.5 Å². The molecule has 0 saturated heterocycles. The summed E-state index contributed by atoms with van der Waals surface area (Å²) in [4.78, 5) is 10.8. The number of hydrogen-bond donors (Lipinski definition) is 2. The van der Waals surface area contributed by atoms with Crippen LogP contribution in [-0.4, -0.2) is 34.0 Å². The quantitative estimate of drug-likeness (QED) is 0.737. The molecule has 100 valence electrons. The Hall–Kier alpha value is -0.530. The molecule has 0 aromatic heterocycles. The van der Waals surface area contributed by atoms with Gasteiger partial charge in [0.25, 0.3) is 0 Å². The lowest BCUT2D eigenvalue weighted by Crippen LogP contribution is -2.45. The van der Waals surface area contributed by atoms with Crippen LogP contribution in [0.5, 0.6) is 0 Å². The van der Waals surface area contributed by atoms with Gasteiger partial charge in [-0.1, -0.05) is 12.8 Å². The number of nitrogens with one attached hydrogen (secondary N) is 2. The summed E-state index contributed by atoms with van der Waals surface area (Å²) in [6, 6.07) is 0. The van der Waals surface area contributed by atoms with E-state index in [4.69, 9.17) is 11.6 Å². The van der Waals surface area contributed by atoms with Crippen molar-refractivity contribution in [2.45, 2.75) is 25.7 Å². The van der Waals surface area contributed by atoms with E-state index < -0.39 is 16.3 Å². The first-order valence-corrected chi connectivity index (χ1v) is 7.36. The van der Waals surface area contributed by atoms with Crippen molar-refractivity contribution >= 4 is 27.9 Å². The van der Waals surface area contributed by atoms with Crippen LogP contribution < -0.4 is 9.44 Å². The van der Waals surface area contributed by atoms with Crippen LogP contribution >= 0.6 is 11.6 Å². The Balaban J connectivity index is 2.51. The van der Waals surface area contributed by atoms with Gasteiger partial charge in [-0.05, 0) is 18.3 Å². The predicted molar refractivity (Wildman–Crippen MR) is 64.1 cm³/mol. The molecule has 1 aliphatic carbocycles. The highest BCUT2D eigenvalue weighted by Crippen LogP contribution is 2.38. The molecule has 1 fully saturated rings. The molecule has 0 heterocycles. The zero-order valence-electron chi connectivity index (χ0n) is 9.66. The molecule has 0 aromatic carbocycles. The summed E-state index contributed by atoms with van der Waals surface area (Å²) >= 11 is 5.88. The van der Waals surface area contributed by atoms with Crippen molar-refractivity contribution < 1.29 is 17.9 Å². The lowest BCUT2D eigenvalue weighted by atomic mass is 9.89. The standard InChI is InChI=1S/C9H17ClN2O4S/c1-16-8(13)12-17(14,15)11-7-9(6-10)4-2-3-5-9/h11H,2-7H2,1H3,(H,12,13). The minimum atomic E-state index is -3.86. The van der Waals surface area contributed by atoms with Crippen molar-refractivity contribution in [3.8, 4) is 0 Å². The van der Waals surface area contributed by atoms with Crippen LogP contribution in [-0.2, 0) is 14.9 Å². The maximum absolute atomic E-state index is 11.4. The van der Waals surface area contributed by atoms with Crippen LogP contribution in [0.1, 0.15) is 25.7 Å². The highest BCUT2D eigenvalue weighted by atomic mass is 35.5. The Kier molecular flexibility index (Phi) is 5.03. The lowest BCUT2D eigenvalue weighted by molar-refractivity contribution is 0.177. The average Bonchev–Trinajstić information content (AvgIpc) is 2.75. The van der Waals surface area contributed by atoms with E-state index >= 15 is 0 Å². The molecule has 0 aliphatic heterocycles. The predicted octanol–water partition coefficient (Wildman–Crippen LogP) is 0.976. The second-order valence-corrected chi connectivity index (χ2v) is 6.03. The van der Waals surface area contributed by atoms with Gasteiger partial charge < -0.3 is 4.74 Å². The first-order chi connectivity index (χ1) is 7.93. The van der Waals surface area contributed by atoms with Gasteiger partial charge in [0, 0.05) is 12.4 Å². The van der Waals surface area contributed by atoms with Crippen LogP contribution in [0.3, 0.4) is 0 Å². The average molecular weight is 285 g/mol. The van der Waals surface area contributed by atoms with Crippen molar-refractivity contribution in [2.24, 2.45) is 5.41 Å². The topological polar surface area (TPSA) is 84.5 Å². The molecule has 6 nitrogen and oxygen atoms in total. The maximum atomic E-state index is 11.4. The third-order valence-corrected chi connectivity index (χ3v) is 4.51. The summed E-state index contributed by atoms with van der Waals surface area (Å²) in [7, 11) is -2.76. The van der Waals surface area contributed by atoms with E-state index in [9.17, 15) is 13.2 Å². The minimum absolute atomic E-state index is 0.188. The van der Waals surface area contributed by atoms with Gasteiger partial charge in [-0.2, -0.15) is 13.1 Å². The fourth-order valence-electron chi connectivity index (χ4n) is 1.92. The van der Waals surface area contributed by atoms with Crippen LogP contribution in [0.15, 0.2) is 0 Å². The lowest BCUT2D eigenvalue weighted by Gasteiger charge is -2.26. The number of carbonyl (C=O) groups is 1. The summed E-state index contributed by atoms with van der Waals surface area (Å²) in [5.41, 5.74) is -0.188. The summed E-state index contributed by atoms with van der Waals surface area (Å²) < 4.78 is 31.2. The fourth-order valence-corrected chi connectivity index (χ4v) is 3.15. The van der Waals surface area contributed by atoms with Gasteiger partial charge in [-0.15, -0.1) is 11.6 Å². The molecular formula is C9H17ClN2O4S. The molecule has 0 unspecified atom stereocenters. The zero-order chi connectivity index (χ0) is 12.9. The number of ether oxygens (including phenoxy) is 1. The highest BCUT2D eigenvalue weighted by Gasteiger charge is 2.34. The van der Waals surface area contributed by atoms with Crippen LogP contribution in [0, 0.1) is 5.41 Å². The SMILES string of the molecule is COC(=O)NS(=O)(=O)NCC1(CCl)CCCC1. The monoisotopic (exact) mass is 284 g/mol.